The highest BCUT2D eigenvalue weighted by atomic mass is 16.6. The standard InChI is InChI=1S/C11H15NO4/c1-3-9(13)7-16-10-4-5-11(12(14)15)8(2)6-10/h4-6,9,13H,3,7H2,1-2H3. The lowest BCUT2D eigenvalue weighted by atomic mass is 10.2. The van der Waals surface area contributed by atoms with Crippen LogP contribution in [-0.2, 0) is 0 Å². The number of aliphatic hydroxyl groups excluding tert-OH is 1. The van der Waals surface area contributed by atoms with E-state index in [-0.39, 0.29) is 12.3 Å². The zero-order chi connectivity index (χ0) is 12.1. The Kier molecular flexibility index (Phi) is 4.25. The van der Waals surface area contributed by atoms with Crippen LogP contribution >= 0.6 is 0 Å². The third-order valence-corrected chi connectivity index (χ3v) is 2.28. The molecule has 16 heavy (non-hydrogen) atoms. The minimum absolute atomic E-state index is 0.0726. The van der Waals surface area contributed by atoms with E-state index in [0.717, 1.165) is 0 Å². The average Bonchev–Trinajstić information content (AvgIpc) is 2.25. The summed E-state index contributed by atoms with van der Waals surface area (Å²) in [7, 11) is 0. The highest BCUT2D eigenvalue weighted by Gasteiger charge is 2.11. The number of hydrogen-bond acceptors (Lipinski definition) is 4. The molecule has 0 aliphatic heterocycles. The van der Waals surface area contributed by atoms with Crippen LogP contribution in [0.25, 0.3) is 0 Å². The van der Waals surface area contributed by atoms with E-state index in [1.54, 1.807) is 13.0 Å². The Bertz CT molecular complexity index is 378. The molecule has 0 aromatic heterocycles. The molecule has 0 saturated carbocycles. The Labute approximate surface area is 93.8 Å². The van der Waals surface area contributed by atoms with Crippen LogP contribution < -0.4 is 4.74 Å². The largest absolute Gasteiger partial charge is 0.491 e. The van der Waals surface area contributed by atoms with Gasteiger partial charge in [0.25, 0.3) is 5.69 Å². The first kappa shape index (κ1) is 12.4. The van der Waals surface area contributed by atoms with Gasteiger partial charge < -0.3 is 9.84 Å². The molecule has 1 atom stereocenters. The molecular weight excluding hydrogens is 210 g/mol. The molecule has 0 amide bonds. The van der Waals surface area contributed by atoms with Crippen molar-refractivity contribution in [3.63, 3.8) is 0 Å². The number of aliphatic hydroxyl groups is 1. The van der Waals surface area contributed by atoms with Gasteiger partial charge in [-0.25, -0.2) is 0 Å². The second-order valence-corrected chi connectivity index (χ2v) is 3.58. The molecule has 0 bridgehead atoms. The molecule has 1 N–H and O–H groups in total. The normalized spacial score (nSPS) is 12.2. The SMILES string of the molecule is CCC(O)COc1ccc([N+](=O)[O-])c(C)c1. The second kappa shape index (κ2) is 5.46. The molecule has 0 radical (unpaired) electrons. The first-order valence-electron chi connectivity index (χ1n) is 5.10. The Morgan fingerprint density at radius 2 is 2.25 bits per heavy atom. The fraction of sp³-hybridized carbons (Fsp3) is 0.455. The molecule has 0 aliphatic rings. The second-order valence-electron chi connectivity index (χ2n) is 3.58. The smallest absolute Gasteiger partial charge is 0.272 e. The van der Waals surface area contributed by atoms with Gasteiger partial charge in [-0.05, 0) is 25.5 Å². The average molecular weight is 225 g/mol. The molecular formula is C11H15NO4. The van der Waals surface area contributed by atoms with E-state index in [4.69, 9.17) is 4.74 Å². The molecule has 0 saturated heterocycles. The molecule has 1 aromatic carbocycles. The molecule has 1 unspecified atom stereocenters. The molecule has 5 heteroatoms. The van der Waals surface area contributed by atoms with E-state index >= 15 is 0 Å². The summed E-state index contributed by atoms with van der Waals surface area (Å²) in [5.41, 5.74) is 0.622. The lowest BCUT2D eigenvalue weighted by Gasteiger charge is -2.10. The molecule has 0 heterocycles. The van der Waals surface area contributed by atoms with Gasteiger partial charge in [0.1, 0.15) is 12.4 Å². The van der Waals surface area contributed by atoms with Gasteiger partial charge in [0, 0.05) is 11.6 Å². The number of aryl methyl sites for hydroxylation is 1. The summed E-state index contributed by atoms with van der Waals surface area (Å²) in [5, 5.41) is 19.9. The Morgan fingerprint density at radius 1 is 1.56 bits per heavy atom. The van der Waals surface area contributed by atoms with Gasteiger partial charge in [-0.15, -0.1) is 0 Å². The van der Waals surface area contributed by atoms with Crippen molar-refractivity contribution < 1.29 is 14.8 Å². The van der Waals surface area contributed by atoms with Gasteiger partial charge in [0.2, 0.25) is 0 Å². The molecule has 0 fully saturated rings. The maximum Gasteiger partial charge on any atom is 0.272 e. The van der Waals surface area contributed by atoms with Crippen molar-refractivity contribution in [1.82, 2.24) is 0 Å². The van der Waals surface area contributed by atoms with Crippen molar-refractivity contribution in [3.8, 4) is 5.75 Å². The highest BCUT2D eigenvalue weighted by Crippen LogP contribution is 2.23. The van der Waals surface area contributed by atoms with Crippen LogP contribution in [-0.4, -0.2) is 22.7 Å². The van der Waals surface area contributed by atoms with Crippen LogP contribution in [0.5, 0.6) is 5.75 Å². The number of nitro groups is 1. The van der Waals surface area contributed by atoms with Crippen LogP contribution in [0, 0.1) is 17.0 Å². The zero-order valence-electron chi connectivity index (χ0n) is 9.34. The quantitative estimate of drug-likeness (QED) is 0.614. The van der Waals surface area contributed by atoms with Gasteiger partial charge in [0.15, 0.2) is 0 Å². The Morgan fingerprint density at radius 3 is 2.75 bits per heavy atom. The van der Waals surface area contributed by atoms with Crippen molar-refractivity contribution in [2.24, 2.45) is 0 Å². The number of hydrogen-bond donors (Lipinski definition) is 1. The minimum Gasteiger partial charge on any atom is -0.491 e. The summed E-state index contributed by atoms with van der Waals surface area (Å²) >= 11 is 0. The summed E-state index contributed by atoms with van der Waals surface area (Å²) in [6.07, 6.45) is 0.113. The van der Waals surface area contributed by atoms with Gasteiger partial charge in [-0.1, -0.05) is 6.92 Å². The van der Waals surface area contributed by atoms with Crippen molar-refractivity contribution >= 4 is 5.69 Å². The van der Waals surface area contributed by atoms with Crippen LogP contribution in [0.2, 0.25) is 0 Å². The van der Waals surface area contributed by atoms with Gasteiger partial charge in [-0.2, -0.15) is 0 Å². The summed E-state index contributed by atoms with van der Waals surface area (Å²) in [5.74, 6) is 0.538. The topological polar surface area (TPSA) is 72.6 Å². The first-order chi connectivity index (χ1) is 7.54. The predicted molar refractivity (Wildman–Crippen MR) is 59.6 cm³/mol. The maximum atomic E-state index is 10.6. The van der Waals surface area contributed by atoms with Crippen LogP contribution in [0.1, 0.15) is 18.9 Å². The highest BCUT2D eigenvalue weighted by molar-refractivity contribution is 5.44. The van der Waals surface area contributed by atoms with Gasteiger partial charge >= 0.3 is 0 Å². The van der Waals surface area contributed by atoms with Crippen LogP contribution in [0.3, 0.4) is 0 Å². The summed E-state index contributed by atoms with van der Waals surface area (Å²) in [4.78, 5) is 10.1. The van der Waals surface area contributed by atoms with E-state index in [0.29, 0.717) is 17.7 Å². The van der Waals surface area contributed by atoms with E-state index in [2.05, 4.69) is 0 Å². The van der Waals surface area contributed by atoms with E-state index in [1.165, 1.54) is 12.1 Å². The maximum absolute atomic E-state index is 10.6. The third kappa shape index (κ3) is 3.20. The number of nitro benzene ring substituents is 1. The fourth-order valence-corrected chi connectivity index (χ4v) is 1.23. The number of rotatable bonds is 5. The Balaban J connectivity index is 2.70. The van der Waals surface area contributed by atoms with Gasteiger partial charge in [0.05, 0.1) is 11.0 Å². The number of benzene rings is 1. The van der Waals surface area contributed by atoms with Crippen molar-refractivity contribution in [3.05, 3.63) is 33.9 Å². The molecule has 1 rings (SSSR count). The van der Waals surface area contributed by atoms with Crippen molar-refractivity contribution in [2.45, 2.75) is 26.4 Å². The Hall–Kier alpha value is -1.62. The molecule has 0 aliphatic carbocycles. The third-order valence-electron chi connectivity index (χ3n) is 2.28. The minimum atomic E-state index is -0.504. The summed E-state index contributed by atoms with van der Waals surface area (Å²) in [6.45, 7) is 3.71. The lowest BCUT2D eigenvalue weighted by molar-refractivity contribution is -0.385. The molecule has 1 aromatic rings. The summed E-state index contributed by atoms with van der Waals surface area (Å²) < 4.78 is 5.30. The van der Waals surface area contributed by atoms with Crippen LogP contribution in [0.4, 0.5) is 5.69 Å². The monoisotopic (exact) mass is 225 g/mol. The van der Waals surface area contributed by atoms with E-state index in [1.807, 2.05) is 6.92 Å². The van der Waals surface area contributed by atoms with Crippen molar-refractivity contribution in [1.29, 1.82) is 0 Å². The van der Waals surface area contributed by atoms with Crippen LogP contribution in [0.15, 0.2) is 18.2 Å². The van der Waals surface area contributed by atoms with Gasteiger partial charge in [-0.3, -0.25) is 10.1 Å². The molecule has 5 nitrogen and oxygen atoms in total. The summed E-state index contributed by atoms with van der Waals surface area (Å²) in [6, 6.07) is 4.54. The first-order valence-corrected chi connectivity index (χ1v) is 5.10. The zero-order valence-corrected chi connectivity index (χ0v) is 9.34. The predicted octanol–water partition coefficient (Wildman–Crippen LogP) is 2.05. The van der Waals surface area contributed by atoms with E-state index < -0.39 is 11.0 Å². The molecule has 88 valence electrons. The number of ether oxygens (including phenoxy) is 1. The van der Waals surface area contributed by atoms with E-state index in [9.17, 15) is 15.2 Å². The fourth-order valence-electron chi connectivity index (χ4n) is 1.23. The molecule has 0 spiro atoms. The number of nitrogens with zero attached hydrogens (tertiary/aromatic N) is 1. The van der Waals surface area contributed by atoms with Crippen molar-refractivity contribution in [2.75, 3.05) is 6.61 Å². The lowest BCUT2D eigenvalue weighted by Crippen LogP contribution is -2.16.